The molecule has 1 unspecified atom stereocenters. The molecule has 0 aliphatic rings. The van der Waals surface area contributed by atoms with Gasteiger partial charge in [0.1, 0.15) is 5.82 Å². The summed E-state index contributed by atoms with van der Waals surface area (Å²) in [6.07, 6.45) is 3.31. The second-order valence-electron chi connectivity index (χ2n) is 4.08. The molecule has 1 atom stereocenters. The van der Waals surface area contributed by atoms with E-state index in [9.17, 15) is 9.18 Å². The summed E-state index contributed by atoms with van der Waals surface area (Å²) in [5.41, 5.74) is 1.08. The number of carbonyl (C=O) groups excluding carboxylic acids is 1. The van der Waals surface area contributed by atoms with E-state index in [0.29, 0.717) is 0 Å². The Morgan fingerprint density at radius 1 is 1.21 bits per heavy atom. The second kappa shape index (κ2) is 5.95. The summed E-state index contributed by atoms with van der Waals surface area (Å²) in [7, 11) is 0. The van der Waals surface area contributed by atoms with Crippen LogP contribution in [-0.2, 0) is 0 Å². The zero-order valence-electron chi connectivity index (χ0n) is 10.4. The van der Waals surface area contributed by atoms with Crippen LogP contribution in [0.5, 0.6) is 0 Å². The molecule has 98 valence electrons. The van der Waals surface area contributed by atoms with E-state index in [1.165, 1.54) is 12.1 Å². The maximum Gasteiger partial charge on any atom is 0.319 e. The van der Waals surface area contributed by atoms with E-state index in [1.807, 2.05) is 19.1 Å². The Hall–Kier alpha value is -2.43. The molecule has 0 spiro atoms. The third-order valence-electron chi connectivity index (χ3n) is 2.68. The van der Waals surface area contributed by atoms with Crippen molar-refractivity contribution in [2.45, 2.75) is 13.0 Å². The Labute approximate surface area is 110 Å². The first-order chi connectivity index (χ1) is 9.16. The summed E-state index contributed by atoms with van der Waals surface area (Å²) < 4.78 is 13.4. The Morgan fingerprint density at radius 2 is 1.89 bits per heavy atom. The topological polar surface area (TPSA) is 54.0 Å². The summed E-state index contributed by atoms with van der Waals surface area (Å²) >= 11 is 0. The molecule has 0 radical (unpaired) electrons. The largest absolute Gasteiger partial charge is 0.331 e. The molecule has 0 saturated heterocycles. The molecule has 4 nitrogen and oxygen atoms in total. The summed E-state index contributed by atoms with van der Waals surface area (Å²) in [5, 5.41) is 5.20. The molecule has 0 aliphatic heterocycles. The predicted molar refractivity (Wildman–Crippen MR) is 71.2 cm³/mol. The van der Waals surface area contributed by atoms with Gasteiger partial charge in [-0.2, -0.15) is 0 Å². The quantitative estimate of drug-likeness (QED) is 0.889. The number of anilines is 1. The number of benzene rings is 1. The molecule has 0 fully saturated rings. The van der Waals surface area contributed by atoms with Crippen molar-refractivity contribution < 1.29 is 9.18 Å². The van der Waals surface area contributed by atoms with Crippen LogP contribution in [0.3, 0.4) is 0 Å². The van der Waals surface area contributed by atoms with Crippen LogP contribution < -0.4 is 10.6 Å². The van der Waals surface area contributed by atoms with Crippen molar-refractivity contribution in [2.24, 2.45) is 0 Å². The Bertz CT molecular complexity index is 560. The van der Waals surface area contributed by atoms with Crippen molar-refractivity contribution in [2.75, 3.05) is 5.32 Å². The number of urea groups is 1. The highest BCUT2D eigenvalue weighted by molar-refractivity contribution is 5.89. The standard InChI is InChI=1S/C14H14FN3O/c1-10(11-6-8-16-9-7-11)17-14(19)18-13-5-3-2-4-12(13)15/h2-10H,1H3,(H2,17,18,19). The fraction of sp³-hybridized carbons (Fsp3) is 0.143. The van der Waals surface area contributed by atoms with E-state index < -0.39 is 11.8 Å². The number of nitrogens with one attached hydrogen (secondary N) is 2. The molecule has 2 aromatic rings. The SMILES string of the molecule is CC(NC(=O)Nc1ccccc1F)c1ccncc1. The molecule has 1 aromatic heterocycles. The van der Waals surface area contributed by atoms with Crippen molar-refractivity contribution in [1.82, 2.24) is 10.3 Å². The van der Waals surface area contributed by atoms with Crippen LogP contribution in [0, 0.1) is 5.82 Å². The molecule has 19 heavy (non-hydrogen) atoms. The van der Waals surface area contributed by atoms with Crippen molar-refractivity contribution in [3.05, 3.63) is 60.2 Å². The number of halogens is 1. The number of carbonyl (C=O) groups is 1. The molecule has 0 bridgehead atoms. The molecule has 2 N–H and O–H groups in total. The van der Waals surface area contributed by atoms with Crippen LogP contribution in [0.15, 0.2) is 48.8 Å². The Balaban J connectivity index is 1.97. The summed E-state index contributed by atoms with van der Waals surface area (Å²) in [5.74, 6) is -0.464. The molecule has 1 aromatic carbocycles. The molecule has 0 saturated carbocycles. The van der Waals surface area contributed by atoms with Crippen molar-refractivity contribution in [3.63, 3.8) is 0 Å². The summed E-state index contributed by atoms with van der Waals surface area (Å²) in [6, 6.07) is 9.02. The first kappa shape index (κ1) is 13.0. The van der Waals surface area contributed by atoms with Gasteiger partial charge in [-0.15, -0.1) is 0 Å². The molecule has 2 amide bonds. The lowest BCUT2D eigenvalue weighted by molar-refractivity contribution is 0.249. The fourth-order valence-electron chi connectivity index (χ4n) is 1.65. The highest BCUT2D eigenvalue weighted by atomic mass is 19.1. The molecule has 0 aliphatic carbocycles. The van der Waals surface area contributed by atoms with Gasteiger partial charge >= 0.3 is 6.03 Å². The molecule has 1 heterocycles. The maximum atomic E-state index is 13.4. The van der Waals surface area contributed by atoms with Gasteiger partial charge in [0, 0.05) is 12.4 Å². The van der Waals surface area contributed by atoms with E-state index in [-0.39, 0.29) is 11.7 Å². The number of hydrogen-bond acceptors (Lipinski definition) is 2. The third kappa shape index (κ3) is 3.51. The lowest BCUT2D eigenvalue weighted by atomic mass is 10.1. The number of rotatable bonds is 3. The normalized spacial score (nSPS) is 11.7. The average molecular weight is 259 g/mol. The smallest absolute Gasteiger partial charge is 0.319 e. The first-order valence-electron chi connectivity index (χ1n) is 5.89. The van der Waals surface area contributed by atoms with E-state index in [1.54, 1.807) is 24.5 Å². The minimum absolute atomic E-state index is 0.155. The fourth-order valence-corrected chi connectivity index (χ4v) is 1.65. The van der Waals surface area contributed by atoms with Crippen molar-refractivity contribution in [3.8, 4) is 0 Å². The van der Waals surface area contributed by atoms with E-state index in [2.05, 4.69) is 15.6 Å². The van der Waals surface area contributed by atoms with Crippen molar-refractivity contribution >= 4 is 11.7 Å². The third-order valence-corrected chi connectivity index (χ3v) is 2.68. The lowest BCUT2D eigenvalue weighted by Crippen LogP contribution is -2.31. The highest BCUT2D eigenvalue weighted by Crippen LogP contribution is 2.14. The van der Waals surface area contributed by atoms with Gasteiger partial charge < -0.3 is 10.6 Å². The van der Waals surface area contributed by atoms with Crippen LogP contribution in [0.2, 0.25) is 0 Å². The molecular weight excluding hydrogens is 245 g/mol. The van der Waals surface area contributed by atoms with Gasteiger partial charge in [-0.1, -0.05) is 12.1 Å². The van der Waals surface area contributed by atoms with Gasteiger partial charge in [-0.3, -0.25) is 4.98 Å². The highest BCUT2D eigenvalue weighted by Gasteiger charge is 2.10. The monoisotopic (exact) mass is 259 g/mol. The van der Waals surface area contributed by atoms with Gasteiger partial charge in [0.05, 0.1) is 11.7 Å². The van der Waals surface area contributed by atoms with E-state index in [0.717, 1.165) is 5.56 Å². The zero-order chi connectivity index (χ0) is 13.7. The van der Waals surface area contributed by atoms with Gasteiger partial charge in [-0.05, 0) is 36.8 Å². The van der Waals surface area contributed by atoms with Crippen LogP contribution in [0.25, 0.3) is 0 Å². The van der Waals surface area contributed by atoms with E-state index >= 15 is 0 Å². The first-order valence-corrected chi connectivity index (χ1v) is 5.89. The molecule has 5 heteroatoms. The summed E-state index contributed by atoms with van der Waals surface area (Å²) in [4.78, 5) is 15.7. The Kier molecular flexibility index (Phi) is 4.07. The predicted octanol–water partition coefficient (Wildman–Crippen LogP) is 3.10. The van der Waals surface area contributed by atoms with Crippen LogP contribution >= 0.6 is 0 Å². The minimum Gasteiger partial charge on any atom is -0.331 e. The number of amides is 2. The number of pyridine rings is 1. The van der Waals surface area contributed by atoms with E-state index in [4.69, 9.17) is 0 Å². The second-order valence-corrected chi connectivity index (χ2v) is 4.08. The molecule has 2 rings (SSSR count). The number of nitrogens with zero attached hydrogens (tertiary/aromatic N) is 1. The number of para-hydroxylation sites is 1. The van der Waals surface area contributed by atoms with Gasteiger partial charge in [-0.25, -0.2) is 9.18 Å². The number of hydrogen-bond donors (Lipinski definition) is 2. The Morgan fingerprint density at radius 3 is 2.58 bits per heavy atom. The van der Waals surface area contributed by atoms with Crippen LogP contribution in [-0.4, -0.2) is 11.0 Å². The maximum absolute atomic E-state index is 13.4. The average Bonchev–Trinajstić information content (AvgIpc) is 2.42. The van der Waals surface area contributed by atoms with Crippen molar-refractivity contribution in [1.29, 1.82) is 0 Å². The minimum atomic E-state index is -0.464. The molecular formula is C14H14FN3O. The summed E-state index contributed by atoms with van der Waals surface area (Å²) in [6.45, 7) is 1.84. The van der Waals surface area contributed by atoms with Crippen LogP contribution in [0.4, 0.5) is 14.9 Å². The van der Waals surface area contributed by atoms with Crippen LogP contribution in [0.1, 0.15) is 18.5 Å². The van der Waals surface area contributed by atoms with Gasteiger partial charge in [0.25, 0.3) is 0 Å². The lowest BCUT2D eigenvalue weighted by Gasteiger charge is -2.15. The van der Waals surface area contributed by atoms with Gasteiger partial charge in [0.2, 0.25) is 0 Å². The van der Waals surface area contributed by atoms with Gasteiger partial charge in [0.15, 0.2) is 0 Å². The number of aromatic nitrogens is 1. The zero-order valence-corrected chi connectivity index (χ0v) is 10.4.